The van der Waals surface area contributed by atoms with Gasteiger partial charge in [-0.3, -0.25) is 0 Å². The second-order valence-electron chi connectivity index (χ2n) is 8.72. The van der Waals surface area contributed by atoms with E-state index in [1.165, 1.54) is 6.08 Å². The molecule has 5 atom stereocenters. The van der Waals surface area contributed by atoms with Gasteiger partial charge < -0.3 is 43.9 Å². The van der Waals surface area contributed by atoms with Gasteiger partial charge in [-0.25, -0.2) is 4.79 Å². The van der Waals surface area contributed by atoms with E-state index in [9.17, 15) is 9.90 Å². The van der Waals surface area contributed by atoms with Crippen LogP contribution in [-0.4, -0.2) is 104 Å². The van der Waals surface area contributed by atoms with Gasteiger partial charge in [0.05, 0.1) is 13.7 Å². The Hall–Kier alpha value is -1.76. The first kappa shape index (κ1) is 31.3. The Labute approximate surface area is 212 Å². The Bertz CT molecular complexity index is 805. The number of aliphatic carboxylic acids is 1. The number of carbonyl (C=O) groups is 1. The van der Waals surface area contributed by atoms with Gasteiger partial charge in [0.25, 0.3) is 0 Å². The summed E-state index contributed by atoms with van der Waals surface area (Å²) in [4.78, 5) is 12.3. The summed E-state index contributed by atoms with van der Waals surface area (Å²) in [6.07, 6.45) is 0.411. The Balaban J connectivity index is 0.000000378. The first-order valence-corrected chi connectivity index (χ1v) is 11.2. The highest BCUT2D eigenvalue weighted by atomic mass is 35.5. The Morgan fingerprint density at radius 2 is 1.94 bits per heavy atom. The number of methoxy groups -OCH3 is 1. The van der Waals surface area contributed by atoms with Crippen LogP contribution in [0.4, 0.5) is 0 Å². The summed E-state index contributed by atoms with van der Waals surface area (Å²) in [7, 11) is 5.56. The van der Waals surface area contributed by atoms with Crippen LogP contribution in [0.1, 0.15) is 25.8 Å². The van der Waals surface area contributed by atoms with Gasteiger partial charge >= 0.3 is 5.97 Å². The topological polar surface area (TPSA) is 127 Å². The van der Waals surface area contributed by atoms with Crippen LogP contribution >= 0.6 is 12.4 Å². The fourth-order valence-corrected chi connectivity index (χ4v) is 3.67. The molecule has 0 saturated carbocycles. The molecule has 10 nitrogen and oxygen atoms in total. The molecular formula is C24H38ClNO9. The monoisotopic (exact) mass is 519 g/mol. The standard InChI is InChI=1S/C14H27NO6.C10H10O3.ClH/c1-14(2)20-12-11(18-7-5-6-15(3)4)10(9(17)8-16)19-13(12)21-14;1-13-9-5-3-2-4-8(9)6-7-10(11)12;/h9-13,16-17H,5-8H2,1-4H3;2-7H,1H3,(H,11,12);1H. The lowest BCUT2D eigenvalue weighted by Gasteiger charge is -2.28. The second kappa shape index (κ2) is 14.7. The van der Waals surface area contributed by atoms with E-state index in [1.54, 1.807) is 19.2 Å². The number of para-hydroxylation sites is 1. The Morgan fingerprint density at radius 1 is 1.26 bits per heavy atom. The molecule has 0 aromatic heterocycles. The number of carboxylic acid groups (broad SMARTS) is 1. The number of aliphatic hydroxyl groups excluding tert-OH is 2. The van der Waals surface area contributed by atoms with Crippen LogP contribution in [0.2, 0.25) is 0 Å². The van der Waals surface area contributed by atoms with Gasteiger partial charge in [0.15, 0.2) is 12.1 Å². The van der Waals surface area contributed by atoms with Gasteiger partial charge in [-0.15, -0.1) is 12.4 Å². The van der Waals surface area contributed by atoms with Crippen molar-refractivity contribution in [2.24, 2.45) is 0 Å². The predicted molar refractivity (Wildman–Crippen MR) is 132 cm³/mol. The number of rotatable bonds is 10. The summed E-state index contributed by atoms with van der Waals surface area (Å²) < 4.78 is 28.0. The third-order valence-electron chi connectivity index (χ3n) is 5.20. The highest BCUT2D eigenvalue weighted by Gasteiger charge is 2.56. The van der Waals surface area contributed by atoms with Crippen molar-refractivity contribution in [3.63, 3.8) is 0 Å². The smallest absolute Gasteiger partial charge is 0.328 e. The molecule has 35 heavy (non-hydrogen) atoms. The molecule has 3 N–H and O–H groups in total. The highest BCUT2D eigenvalue weighted by molar-refractivity contribution is 5.86. The number of hydrogen-bond donors (Lipinski definition) is 3. The van der Waals surface area contributed by atoms with Gasteiger partial charge in [0.1, 0.15) is 30.2 Å². The molecule has 200 valence electrons. The molecule has 2 fully saturated rings. The van der Waals surface area contributed by atoms with E-state index in [2.05, 4.69) is 4.90 Å². The fourth-order valence-electron chi connectivity index (χ4n) is 3.67. The quantitative estimate of drug-likeness (QED) is 0.311. The summed E-state index contributed by atoms with van der Waals surface area (Å²) in [5, 5.41) is 27.4. The molecule has 1 aromatic rings. The van der Waals surface area contributed by atoms with Crippen molar-refractivity contribution in [3.8, 4) is 5.75 Å². The third kappa shape index (κ3) is 9.66. The summed E-state index contributed by atoms with van der Waals surface area (Å²) in [6, 6.07) is 7.22. The van der Waals surface area contributed by atoms with E-state index in [-0.39, 0.29) is 25.1 Å². The van der Waals surface area contributed by atoms with Crippen molar-refractivity contribution in [1.29, 1.82) is 0 Å². The van der Waals surface area contributed by atoms with Crippen molar-refractivity contribution in [3.05, 3.63) is 35.9 Å². The number of hydrogen-bond acceptors (Lipinski definition) is 9. The lowest BCUT2D eigenvalue weighted by atomic mass is 10.1. The SMILES string of the molecule is CN(C)CCCOC1C(C(O)CO)OC2OC(C)(C)OC21.COc1ccccc1C=CC(=O)O.Cl. The van der Waals surface area contributed by atoms with E-state index < -0.39 is 36.4 Å². The number of ether oxygens (including phenoxy) is 5. The van der Waals surface area contributed by atoms with Crippen LogP contribution in [0.15, 0.2) is 30.3 Å². The summed E-state index contributed by atoms with van der Waals surface area (Å²) >= 11 is 0. The molecule has 0 bridgehead atoms. The fraction of sp³-hybridized carbons (Fsp3) is 0.625. The molecule has 0 aliphatic carbocycles. The molecule has 11 heteroatoms. The zero-order valence-electron chi connectivity index (χ0n) is 20.8. The van der Waals surface area contributed by atoms with Crippen molar-refractivity contribution in [2.45, 2.75) is 56.8 Å². The molecule has 0 spiro atoms. The van der Waals surface area contributed by atoms with E-state index >= 15 is 0 Å². The lowest BCUT2D eigenvalue weighted by Crippen LogP contribution is -2.44. The van der Waals surface area contributed by atoms with Crippen molar-refractivity contribution < 1.29 is 43.8 Å². The largest absolute Gasteiger partial charge is 0.496 e. The third-order valence-corrected chi connectivity index (χ3v) is 5.20. The molecule has 3 rings (SSSR count). The van der Waals surface area contributed by atoms with Gasteiger partial charge in [0, 0.05) is 18.2 Å². The molecule has 2 aliphatic rings. The minimum absolute atomic E-state index is 0. The normalized spacial score (nSPS) is 25.5. The average molecular weight is 520 g/mol. The highest BCUT2D eigenvalue weighted by Crippen LogP contribution is 2.39. The zero-order valence-corrected chi connectivity index (χ0v) is 21.6. The van der Waals surface area contributed by atoms with Gasteiger partial charge in [-0.1, -0.05) is 18.2 Å². The minimum Gasteiger partial charge on any atom is -0.496 e. The number of benzene rings is 1. The summed E-state index contributed by atoms with van der Waals surface area (Å²) in [5.41, 5.74) is 0.757. The molecule has 0 radical (unpaired) electrons. The van der Waals surface area contributed by atoms with Gasteiger partial charge in [-0.05, 0) is 53.1 Å². The maximum absolute atomic E-state index is 10.2. The number of aliphatic hydroxyl groups is 2. The molecule has 5 unspecified atom stereocenters. The predicted octanol–water partition coefficient (Wildman–Crippen LogP) is 1.77. The molecule has 2 heterocycles. The summed E-state index contributed by atoms with van der Waals surface area (Å²) in [5.74, 6) is -1.03. The lowest BCUT2D eigenvalue weighted by molar-refractivity contribution is -0.231. The molecular weight excluding hydrogens is 482 g/mol. The maximum atomic E-state index is 10.2. The van der Waals surface area contributed by atoms with E-state index in [0.29, 0.717) is 12.4 Å². The van der Waals surface area contributed by atoms with Crippen LogP contribution in [0.3, 0.4) is 0 Å². The minimum atomic E-state index is -1.01. The number of nitrogens with zero attached hydrogens (tertiary/aromatic N) is 1. The van der Waals surface area contributed by atoms with Crippen LogP contribution in [-0.2, 0) is 23.7 Å². The van der Waals surface area contributed by atoms with Crippen LogP contribution in [0.25, 0.3) is 6.08 Å². The van der Waals surface area contributed by atoms with Gasteiger partial charge in [0.2, 0.25) is 0 Å². The first-order valence-electron chi connectivity index (χ1n) is 11.2. The maximum Gasteiger partial charge on any atom is 0.328 e. The van der Waals surface area contributed by atoms with Gasteiger partial charge in [-0.2, -0.15) is 0 Å². The molecule has 2 aliphatic heterocycles. The molecule has 2 saturated heterocycles. The van der Waals surface area contributed by atoms with Crippen LogP contribution in [0.5, 0.6) is 5.75 Å². The second-order valence-corrected chi connectivity index (χ2v) is 8.72. The molecule has 0 amide bonds. The summed E-state index contributed by atoms with van der Waals surface area (Å²) in [6.45, 7) is 4.70. The van der Waals surface area contributed by atoms with Crippen molar-refractivity contribution in [2.75, 3.05) is 41.0 Å². The Morgan fingerprint density at radius 3 is 2.54 bits per heavy atom. The number of fused-ring (bicyclic) bond motifs is 1. The van der Waals surface area contributed by atoms with Crippen molar-refractivity contribution >= 4 is 24.5 Å². The number of carboxylic acids is 1. The average Bonchev–Trinajstić information content (AvgIpc) is 3.26. The Kier molecular flexibility index (Phi) is 13.1. The number of halogens is 1. The van der Waals surface area contributed by atoms with Crippen molar-refractivity contribution in [1.82, 2.24) is 4.90 Å². The zero-order chi connectivity index (χ0) is 25.3. The van der Waals surface area contributed by atoms with E-state index in [0.717, 1.165) is 24.6 Å². The van der Waals surface area contributed by atoms with E-state index in [4.69, 9.17) is 33.9 Å². The first-order chi connectivity index (χ1) is 16.1. The van der Waals surface area contributed by atoms with Crippen LogP contribution in [0, 0.1) is 0 Å². The molecule has 1 aromatic carbocycles. The van der Waals surface area contributed by atoms with E-state index in [1.807, 2.05) is 40.1 Å². The van der Waals surface area contributed by atoms with Crippen LogP contribution < -0.4 is 4.74 Å².